The first-order chi connectivity index (χ1) is 10.7. The van der Waals surface area contributed by atoms with Crippen molar-refractivity contribution in [1.29, 1.82) is 0 Å². The van der Waals surface area contributed by atoms with Gasteiger partial charge in [-0.3, -0.25) is 4.99 Å². The van der Waals surface area contributed by atoms with E-state index in [9.17, 15) is 0 Å². The molecule has 124 valence electrons. The van der Waals surface area contributed by atoms with Crippen LogP contribution < -0.4 is 10.6 Å². The van der Waals surface area contributed by atoms with Gasteiger partial charge in [0, 0.05) is 44.6 Å². The molecule has 1 aliphatic rings. The number of likely N-dealkylation sites (tertiary alicyclic amines) is 1. The maximum Gasteiger partial charge on any atom is 0.191 e. The topological polar surface area (TPSA) is 39.7 Å². The molecular formula is C17H30N4S. The molecule has 2 rings (SSSR count). The Morgan fingerprint density at radius 2 is 2.00 bits per heavy atom. The van der Waals surface area contributed by atoms with Gasteiger partial charge in [0.05, 0.1) is 0 Å². The van der Waals surface area contributed by atoms with Gasteiger partial charge in [0.2, 0.25) is 0 Å². The second-order valence-electron chi connectivity index (χ2n) is 6.46. The Labute approximate surface area is 139 Å². The largest absolute Gasteiger partial charge is 0.356 e. The number of nitrogens with zero attached hydrogens (tertiary/aromatic N) is 2. The Morgan fingerprint density at radius 3 is 2.64 bits per heavy atom. The normalized spacial score (nSPS) is 23.5. The smallest absolute Gasteiger partial charge is 0.191 e. The zero-order valence-electron chi connectivity index (χ0n) is 14.1. The van der Waals surface area contributed by atoms with Crippen LogP contribution in [0.25, 0.3) is 0 Å². The van der Waals surface area contributed by atoms with E-state index in [0.717, 1.165) is 43.9 Å². The fourth-order valence-corrected chi connectivity index (χ4v) is 4.00. The lowest BCUT2D eigenvalue weighted by molar-refractivity contribution is 0.143. The van der Waals surface area contributed by atoms with Gasteiger partial charge in [-0.25, -0.2) is 0 Å². The third-order valence-corrected chi connectivity index (χ3v) is 5.07. The van der Waals surface area contributed by atoms with Crippen molar-refractivity contribution in [3.8, 4) is 0 Å². The van der Waals surface area contributed by atoms with Gasteiger partial charge >= 0.3 is 0 Å². The van der Waals surface area contributed by atoms with E-state index in [1.54, 1.807) is 0 Å². The van der Waals surface area contributed by atoms with Crippen molar-refractivity contribution in [2.24, 2.45) is 16.8 Å². The first-order valence-corrected chi connectivity index (χ1v) is 9.24. The van der Waals surface area contributed by atoms with Crippen LogP contribution >= 0.6 is 11.3 Å². The van der Waals surface area contributed by atoms with Crippen LogP contribution in [0.4, 0.5) is 0 Å². The second kappa shape index (κ2) is 9.16. The highest BCUT2D eigenvalue weighted by molar-refractivity contribution is 7.09. The summed E-state index contributed by atoms with van der Waals surface area (Å²) >= 11 is 1.81. The quantitative estimate of drug-likeness (QED) is 0.624. The number of hydrogen-bond acceptors (Lipinski definition) is 3. The average molecular weight is 323 g/mol. The summed E-state index contributed by atoms with van der Waals surface area (Å²) < 4.78 is 0. The van der Waals surface area contributed by atoms with E-state index in [4.69, 9.17) is 0 Å². The number of rotatable bonds is 6. The Hall–Kier alpha value is -1.07. The highest BCUT2D eigenvalue weighted by Gasteiger charge is 2.21. The van der Waals surface area contributed by atoms with Gasteiger partial charge in [0.1, 0.15) is 0 Å². The van der Waals surface area contributed by atoms with Gasteiger partial charge < -0.3 is 15.5 Å². The van der Waals surface area contributed by atoms with Crippen molar-refractivity contribution in [3.05, 3.63) is 22.4 Å². The number of guanidine groups is 1. The number of aliphatic imine (C=N–C) groups is 1. The molecule has 0 saturated carbocycles. The maximum atomic E-state index is 4.30. The summed E-state index contributed by atoms with van der Waals surface area (Å²) in [5.41, 5.74) is 0. The summed E-state index contributed by atoms with van der Waals surface area (Å²) in [5, 5.41) is 8.95. The standard InChI is InChI=1S/C17H30N4S/c1-14-11-15(2)13-21(12-14)9-8-20-17(18-3)19-7-6-16-5-4-10-22-16/h4-5,10,14-15H,6-9,11-13H2,1-3H3,(H2,18,19,20). The van der Waals surface area contributed by atoms with E-state index < -0.39 is 0 Å². The molecule has 2 heterocycles. The first kappa shape index (κ1) is 17.3. The molecule has 2 N–H and O–H groups in total. The third kappa shape index (κ3) is 5.97. The molecule has 1 aromatic heterocycles. The van der Waals surface area contributed by atoms with Gasteiger partial charge in [0.15, 0.2) is 5.96 Å². The highest BCUT2D eigenvalue weighted by atomic mass is 32.1. The lowest BCUT2D eigenvalue weighted by atomic mass is 9.92. The van der Waals surface area contributed by atoms with Gasteiger partial charge in [-0.1, -0.05) is 19.9 Å². The fourth-order valence-electron chi connectivity index (χ4n) is 3.29. The van der Waals surface area contributed by atoms with E-state index >= 15 is 0 Å². The minimum atomic E-state index is 0.826. The van der Waals surface area contributed by atoms with Crippen LogP contribution in [0.3, 0.4) is 0 Å². The molecule has 2 atom stereocenters. The maximum absolute atomic E-state index is 4.30. The highest BCUT2D eigenvalue weighted by Crippen LogP contribution is 2.20. The predicted octanol–water partition coefficient (Wildman–Crippen LogP) is 2.43. The zero-order chi connectivity index (χ0) is 15.8. The Bertz CT molecular complexity index is 434. The van der Waals surface area contributed by atoms with Gasteiger partial charge in [-0.05, 0) is 36.1 Å². The van der Waals surface area contributed by atoms with E-state index in [1.165, 1.54) is 24.4 Å². The van der Waals surface area contributed by atoms with Crippen LogP contribution in [-0.4, -0.2) is 50.6 Å². The molecule has 1 aliphatic heterocycles. The summed E-state index contributed by atoms with van der Waals surface area (Å²) in [6.07, 6.45) is 2.43. The molecule has 22 heavy (non-hydrogen) atoms. The molecule has 0 amide bonds. The van der Waals surface area contributed by atoms with Crippen molar-refractivity contribution in [1.82, 2.24) is 15.5 Å². The average Bonchev–Trinajstić information content (AvgIpc) is 2.98. The Kier molecular flexibility index (Phi) is 7.19. The van der Waals surface area contributed by atoms with E-state index in [-0.39, 0.29) is 0 Å². The van der Waals surface area contributed by atoms with E-state index in [2.05, 4.69) is 51.9 Å². The van der Waals surface area contributed by atoms with Gasteiger partial charge in [0.25, 0.3) is 0 Å². The molecule has 1 saturated heterocycles. The molecule has 5 heteroatoms. The fraction of sp³-hybridized carbons (Fsp3) is 0.706. The lowest BCUT2D eigenvalue weighted by Gasteiger charge is -2.35. The summed E-state index contributed by atoms with van der Waals surface area (Å²) in [7, 11) is 1.84. The minimum absolute atomic E-state index is 0.826. The van der Waals surface area contributed by atoms with Crippen molar-refractivity contribution in [2.75, 3.05) is 39.8 Å². The van der Waals surface area contributed by atoms with Crippen molar-refractivity contribution < 1.29 is 0 Å². The number of nitrogens with one attached hydrogen (secondary N) is 2. The van der Waals surface area contributed by atoms with Crippen molar-refractivity contribution in [3.63, 3.8) is 0 Å². The minimum Gasteiger partial charge on any atom is -0.356 e. The van der Waals surface area contributed by atoms with Crippen LogP contribution in [0.1, 0.15) is 25.1 Å². The number of thiophene rings is 1. The van der Waals surface area contributed by atoms with Crippen LogP contribution in [0.15, 0.2) is 22.5 Å². The van der Waals surface area contributed by atoms with E-state index in [0.29, 0.717) is 0 Å². The summed E-state index contributed by atoms with van der Waals surface area (Å²) in [6.45, 7) is 10.2. The third-order valence-electron chi connectivity index (χ3n) is 4.13. The molecular weight excluding hydrogens is 292 g/mol. The number of hydrogen-bond donors (Lipinski definition) is 2. The Balaban J connectivity index is 1.61. The van der Waals surface area contributed by atoms with Crippen LogP contribution in [0, 0.1) is 11.8 Å². The SMILES string of the molecule is CN=C(NCCc1cccs1)NCCN1CC(C)CC(C)C1. The molecule has 2 unspecified atom stereocenters. The lowest BCUT2D eigenvalue weighted by Crippen LogP contribution is -2.45. The van der Waals surface area contributed by atoms with Gasteiger partial charge in [-0.2, -0.15) is 0 Å². The molecule has 4 nitrogen and oxygen atoms in total. The van der Waals surface area contributed by atoms with E-state index in [1.807, 2.05) is 18.4 Å². The summed E-state index contributed by atoms with van der Waals surface area (Å²) in [4.78, 5) is 8.29. The van der Waals surface area contributed by atoms with Crippen LogP contribution in [-0.2, 0) is 6.42 Å². The van der Waals surface area contributed by atoms with Crippen molar-refractivity contribution >= 4 is 17.3 Å². The molecule has 0 aromatic carbocycles. The van der Waals surface area contributed by atoms with Gasteiger partial charge in [-0.15, -0.1) is 11.3 Å². The molecule has 0 bridgehead atoms. The first-order valence-electron chi connectivity index (χ1n) is 8.36. The molecule has 1 fully saturated rings. The number of piperidine rings is 1. The Morgan fingerprint density at radius 1 is 1.27 bits per heavy atom. The molecule has 0 spiro atoms. The van der Waals surface area contributed by atoms with Crippen molar-refractivity contribution in [2.45, 2.75) is 26.7 Å². The monoisotopic (exact) mass is 322 g/mol. The second-order valence-corrected chi connectivity index (χ2v) is 7.49. The molecule has 1 aromatic rings. The van der Waals surface area contributed by atoms with Crippen LogP contribution in [0.2, 0.25) is 0 Å². The predicted molar refractivity (Wildman–Crippen MR) is 96.8 cm³/mol. The zero-order valence-corrected chi connectivity index (χ0v) is 15.0. The summed E-state index contributed by atoms with van der Waals surface area (Å²) in [6, 6.07) is 4.29. The summed E-state index contributed by atoms with van der Waals surface area (Å²) in [5.74, 6) is 2.56. The molecule has 0 aliphatic carbocycles. The van der Waals surface area contributed by atoms with Crippen LogP contribution in [0.5, 0.6) is 0 Å². The molecule has 0 radical (unpaired) electrons.